The highest BCUT2D eigenvalue weighted by Crippen LogP contribution is 2.35. The molecule has 1 N–H and O–H groups in total. The Balaban J connectivity index is 1.86. The Labute approximate surface area is 150 Å². The molecular weight excluding hydrogens is 314 g/mol. The minimum absolute atomic E-state index is 0.276. The Bertz CT molecular complexity index is 695. The zero-order chi connectivity index (χ0) is 17.9. The van der Waals surface area contributed by atoms with Crippen molar-refractivity contribution in [1.82, 2.24) is 4.90 Å². The van der Waals surface area contributed by atoms with Gasteiger partial charge in [-0.25, -0.2) is 4.79 Å². The molecule has 3 saturated heterocycles. The number of hydrogen-bond donors (Lipinski definition) is 1. The SMILES string of the molecule is CCCc1cc(C(=O)OCC)ccc1C#CC1(O)CN2CCC1CC2. The second-order valence-corrected chi connectivity index (χ2v) is 7.07. The third-order valence-corrected chi connectivity index (χ3v) is 5.28. The topological polar surface area (TPSA) is 49.8 Å². The summed E-state index contributed by atoms with van der Waals surface area (Å²) in [4.78, 5) is 14.2. The third-order valence-electron chi connectivity index (χ3n) is 5.28. The van der Waals surface area contributed by atoms with Crippen molar-refractivity contribution in [3.05, 3.63) is 34.9 Å². The predicted molar refractivity (Wildman–Crippen MR) is 97.4 cm³/mol. The smallest absolute Gasteiger partial charge is 0.338 e. The first-order valence-corrected chi connectivity index (χ1v) is 9.33. The largest absolute Gasteiger partial charge is 0.462 e. The number of ether oxygens (including phenoxy) is 1. The van der Waals surface area contributed by atoms with Crippen LogP contribution in [0.1, 0.15) is 54.6 Å². The number of fused-ring (bicyclic) bond motifs is 3. The van der Waals surface area contributed by atoms with Gasteiger partial charge in [-0.15, -0.1) is 0 Å². The molecule has 25 heavy (non-hydrogen) atoms. The van der Waals surface area contributed by atoms with Crippen molar-refractivity contribution >= 4 is 5.97 Å². The molecule has 0 aliphatic carbocycles. The molecule has 134 valence electrons. The average molecular weight is 341 g/mol. The van der Waals surface area contributed by atoms with Crippen molar-refractivity contribution in [2.45, 2.75) is 45.1 Å². The van der Waals surface area contributed by atoms with E-state index in [0.29, 0.717) is 18.7 Å². The number of aliphatic hydroxyl groups is 1. The molecule has 3 heterocycles. The van der Waals surface area contributed by atoms with E-state index >= 15 is 0 Å². The summed E-state index contributed by atoms with van der Waals surface area (Å²) in [6.45, 7) is 7.07. The molecule has 3 aliphatic heterocycles. The highest BCUT2D eigenvalue weighted by Gasteiger charge is 2.44. The molecule has 0 amide bonds. The lowest BCUT2D eigenvalue weighted by atomic mass is 9.75. The molecule has 0 saturated carbocycles. The van der Waals surface area contributed by atoms with Crippen molar-refractivity contribution in [2.75, 3.05) is 26.2 Å². The first-order valence-electron chi connectivity index (χ1n) is 9.33. The first-order chi connectivity index (χ1) is 12.1. The molecule has 4 nitrogen and oxygen atoms in total. The second kappa shape index (κ2) is 7.59. The van der Waals surface area contributed by atoms with E-state index in [-0.39, 0.29) is 11.9 Å². The number of benzene rings is 1. The number of carbonyl (C=O) groups excluding carboxylic acids is 1. The van der Waals surface area contributed by atoms with Gasteiger partial charge in [0, 0.05) is 18.0 Å². The lowest BCUT2D eigenvalue weighted by Crippen LogP contribution is -2.58. The van der Waals surface area contributed by atoms with Crippen molar-refractivity contribution < 1.29 is 14.6 Å². The van der Waals surface area contributed by atoms with Crippen LogP contribution in [0.3, 0.4) is 0 Å². The van der Waals surface area contributed by atoms with Crippen molar-refractivity contribution in [3.63, 3.8) is 0 Å². The standard InChI is InChI=1S/C21H27NO3/c1-3-5-17-14-18(20(23)25-4-2)7-6-16(17)8-11-21(24)15-22-12-9-19(21)10-13-22/h6-7,14,19,24H,3-5,9-10,12-13,15H2,1-2H3. The third kappa shape index (κ3) is 3.89. The van der Waals surface area contributed by atoms with Gasteiger partial charge >= 0.3 is 5.97 Å². The van der Waals surface area contributed by atoms with Gasteiger partial charge in [-0.1, -0.05) is 25.2 Å². The summed E-state index contributed by atoms with van der Waals surface area (Å²) >= 11 is 0. The van der Waals surface area contributed by atoms with Gasteiger partial charge in [0.15, 0.2) is 0 Å². The van der Waals surface area contributed by atoms with Crippen molar-refractivity contribution in [3.8, 4) is 11.8 Å². The fraction of sp³-hybridized carbons (Fsp3) is 0.571. The summed E-state index contributed by atoms with van der Waals surface area (Å²) in [5, 5.41) is 11.0. The Morgan fingerprint density at radius 3 is 2.72 bits per heavy atom. The number of nitrogens with zero attached hydrogens (tertiary/aromatic N) is 1. The summed E-state index contributed by atoms with van der Waals surface area (Å²) in [6, 6.07) is 5.53. The summed E-state index contributed by atoms with van der Waals surface area (Å²) in [5.74, 6) is 6.36. The summed E-state index contributed by atoms with van der Waals surface area (Å²) in [6.07, 6.45) is 3.87. The molecule has 0 radical (unpaired) electrons. The monoisotopic (exact) mass is 341 g/mol. The number of hydrogen-bond acceptors (Lipinski definition) is 4. The van der Waals surface area contributed by atoms with Crippen LogP contribution in [0.2, 0.25) is 0 Å². The minimum Gasteiger partial charge on any atom is -0.462 e. The van der Waals surface area contributed by atoms with Crippen LogP contribution >= 0.6 is 0 Å². The van der Waals surface area contributed by atoms with Crippen LogP contribution in [0.5, 0.6) is 0 Å². The van der Waals surface area contributed by atoms with E-state index in [4.69, 9.17) is 4.74 Å². The van der Waals surface area contributed by atoms with Gasteiger partial charge in [0.25, 0.3) is 0 Å². The molecule has 0 aromatic heterocycles. The van der Waals surface area contributed by atoms with Crippen LogP contribution in [0, 0.1) is 17.8 Å². The molecule has 1 aromatic rings. The Morgan fingerprint density at radius 1 is 1.36 bits per heavy atom. The van der Waals surface area contributed by atoms with E-state index in [1.165, 1.54) is 0 Å². The molecule has 0 spiro atoms. The fourth-order valence-electron chi connectivity index (χ4n) is 3.89. The van der Waals surface area contributed by atoms with Gasteiger partial charge < -0.3 is 9.84 Å². The van der Waals surface area contributed by atoms with Crippen LogP contribution in [0.15, 0.2) is 18.2 Å². The second-order valence-electron chi connectivity index (χ2n) is 7.07. The number of esters is 1. The van der Waals surface area contributed by atoms with Crippen LogP contribution in [0.4, 0.5) is 0 Å². The molecule has 1 unspecified atom stereocenters. The zero-order valence-corrected chi connectivity index (χ0v) is 15.2. The maximum absolute atomic E-state index is 12.0. The van der Waals surface area contributed by atoms with E-state index < -0.39 is 5.60 Å². The Hall–Kier alpha value is -1.83. The van der Waals surface area contributed by atoms with E-state index in [1.54, 1.807) is 13.0 Å². The van der Waals surface area contributed by atoms with Crippen LogP contribution < -0.4 is 0 Å². The van der Waals surface area contributed by atoms with Gasteiger partial charge in [0.2, 0.25) is 0 Å². The molecular formula is C21H27NO3. The predicted octanol–water partition coefficient (Wildman–Crippen LogP) is 2.62. The summed E-state index contributed by atoms with van der Waals surface area (Å²) < 4.78 is 5.09. The van der Waals surface area contributed by atoms with Crippen LogP contribution in [0.25, 0.3) is 0 Å². The molecule has 4 rings (SSSR count). The maximum Gasteiger partial charge on any atom is 0.338 e. The first kappa shape index (κ1) is 18.0. The number of aryl methyl sites for hydroxylation is 1. The van der Waals surface area contributed by atoms with E-state index in [1.807, 2.05) is 12.1 Å². The van der Waals surface area contributed by atoms with Crippen molar-refractivity contribution in [1.29, 1.82) is 0 Å². The summed E-state index contributed by atoms with van der Waals surface area (Å²) in [7, 11) is 0. The van der Waals surface area contributed by atoms with Gasteiger partial charge in [0.1, 0.15) is 5.60 Å². The van der Waals surface area contributed by atoms with Gasteiger partial charge in [-0.2, -0.15) is 0 Å². The van der Waals surface area contributed by atoms with Gasteiger partial charge in [0.05, 0.1) is 12.2 Å². The van der Waals surface area contributed by atoms with E-state index in [2.05, 4.69) is 23.7 Å². The normalized spacial score (nSPS) is 27.5. The number of rotatable bonds is 4. The highest BCUT2D eigenvalue weighted by atomic mass is 16.5. The Kier molecular flexibility index (Phi) is 5.46. The fourth-order valence-corrected chi connectivity index (χ4v) is 3.89. The Morgan fingerprint density at radius 2 is 2.12 bits per heavy atom. The molecule has 3 fully saturated rings. The molecule has 3 aliphatic rings. The maximum atomic E-state index is 12.0. The highest BCUT2D eigenvalue weighted by molar-refractivity contribution is 5.89. The molecule has 1 aromatic carbocycles. The van der Waals surface area contributed by atoms with Crippen LogP contribution in [-0.2, 0) is 11.2 Å². The van der Waals surface area contributed by atoms with Gasteiger partial charge in [-0.05, 0) is 63.0 Å². The van der Waals surface area contributed by atoms with Crippen LogP contribution in [-0.4, -0.2) is 47.8 Å². The summed E-state index contributed by atoms with van der Waals surface area (Å²) in [5.41, 5.74) is 1.61. The lowest BCUT2D eigenvalue weighted by molar-refractivity contribution is -0.0713. The van der Waals surface area contributed by atoms with E-state index in [9.17, 15) is 9.90 Å². The quantitative estimate of drug-likeness (QED) is 0.676. The lowest BCUT2D eigenvalue weighted by Gasteiger charge is -2.47. The number of carbonyl (C=O) groups is 1. The zero-order valence-electron chi connectivity index (χ0n) is 15.2. The van der Waals surface area contributed by atoms with Gasteiger partial charge in [-0.3, -0.25) is 4.90 Å². The molecule has 2 bridgehead atoms. The minimum atomic E-state index is -0.903. The van der Waals surface area contributed by atoms with E-state index in [0.717, 1.165) is 49.9 Å². The molecule has 1 atom stereocenters. The van der Waals surface area contributed by atoms with Crippen molar-refractivity contribution in [2.24, 2.45) is 5.92 Å². The number of piperidine rings is 3. The average Bonchev–Trinajstić information content (AvgIpc) is 2.62. The molecule has 4 heteroatoms.